The third-order valence-corrected chi connectivity index (χ3v) is 3.54. The molecule has 0 aromatic carbocycles. The van der Waals surface area contributed by atoms with Gasteiger partial charge in [0.05, 0.1) is 12.2 Å². The number of morpholine rings is 1. The normalized spacial score (nSPS) is 28.4. The maximum Gasteiger partial charge on any atom is 0.274 e. The number of rotatable bonds is 2. The third-order valence-electron chi connectivity index (χ3n) is 3.54. The minimum absolute atomic E-state index is 0.0140. The lowest BCUT2D eigenvalue weighted by molar-refractivity contribution is -0.0587. The van der Waals surface area contributed by atoms with Gasteiger partial charge in [-0.25, -0.2) is 0 Å². The van der Waals surface area contributed by atoms with E-state index in [9.17, 15) is 4.79 Å². The molecule has 1 saturated heterocycles. The summed E-state index contributed by atoms with van der Waals surface area (Å²) in [6, 6.07) is 1.91. The quantitative estimate of drug-likeness (QED) is 0.865. The van der Waals surface area contributed by atoms with Gasteiger partial charge in [0, 0.05) is 24.7 Å². The standard InChI is InChI=1S/C13H19N3O2/c1-8-6-16(7-9(2)18-8)13(17)12-5-11(14-15-12)10-3-4-10/h5,8-10H,3-4,6-7H2,1-2H3,(H,14,15)/t8-,9+. The van der Waals surface area contributed by atoms with E-state index in [2.05, 4.69) is 10.2 Å². The zero-order valence-corrected chi connectivity index (χ0v) is 10.8. The summed E-state index contributed by atoms with van der Waals surface area (Å²) in [7, 11) is 0. The van der Waals surface area contributed by atoms with Gasteiger partial charge in [0.15, 0.2) is 0 Å². The smallest absolute Gasteiger partial charge is 0.274 e. The summed E-state index contributed by atoms with van der Waals surface area (Å²) >= 11 is 0. The molecule has 1 aliphatic heterocycles. The summed E-state index contributed by atoms with van der Waals surface area (Å²) in [5.74, 6) is 0.613. The number of amides is 1. The fourth-order valence-corrected chi connectivity index (χ4v) is 2.56. The van der Waals surface area contributed by atoms with Crippen molar-refractivity contribution in [1.29, 1.82) is 0 Å². The van der Waals surface area contributed by atoms with Gasteiger partial charge in [-0.3, -0.25) is 9.89 Å². The number of hydrogen-bond donors (Lipinski definition) is 1. The van der Waals surface area contributed by atoms with Crippen molar-refractivity contribution in [3.05, 3.63) is 17.5 Å². The van der Waals surface area contributed by atoms with E-state index in [1.807, 2.05) is 24.8 Å². The Kier molecular flexibility index (Phi) is 2.86. The van der Waals surface area contributed by atoms with Crippen LogP contribution >= 0.6 is 0 Å². The lowest BCUT2D eigenvalue weighted by Gasteiger charge is -2.34. The maximum absolute atomic E-state index is 12.3. The van der Waals surface area contributed by atoms with E-state index in [0.717, 1.165) is 5.69 Å². The van der Waals surface area contributed by atoms with E-state index in [1.54, 1.807) is 0 Å². The number of nitrogens with zero attached hydrogens (tertiary/aromatic N) is 2. The molecule has 3 rings (SSSR count). The SMILES string of the molecule is C[C@@H]1CN(C(=O)c2cc(C3CC3)[nH]n2)C[C@H](C)O1. The van der Waals surface area contributed by atoms with Gasteiger partial charge in [0.2, 0.25) is 0 Å². The molecule has 1 amide bonds. The van der Waals surface area contributed by atoms with Crippen LogP contribution in [-0.4, -0.2) is 46.3 Å². The van der Waals surface area contributed by atoms with Crippen molar-refractivity contribution in [3.8, 4) is 0 Å². The van der Waals surface area contributed by atoms with Crippen molar-refractivity contribution in [2.75, 3.05) is 13.1 Å². The van der Waals surface area contributed by atoms with Gasteiger partial charge in [0.25, 0.3) is 5.91 Å². The number of H-pyrrole nitrogens is 1. The van der Waals surface area contributed by atoms with Gasteiger partial charge >= 0.3 is 0 Å². The van der Waals surface area contributed by atoms with Crippen LogP contribution in [0.2, 0.25) is 0 Å². The second-order valence-electron chi connectivity index (χ2n) is 5.45. The van der Waals surface area contributed by atoms with Crippen molar-refractivity contribution in [2.45, 2.75) is 44.8 Å². The van der Waals surface area contributed by atoms with E-state index in [1.165, 1.54) is 12.8 Å². The van der Waals surface area contributed by atoms with Gasteiger partial charge in [0.1, 0.15) is 5.69 Å². The van der Waals surface area contributed by atoms with Gasteiger partial charge in [-0.15, -0.1) is 0 Å². The van der Waals surface area contributed by atoms with Crippen LogP contribution < -0.4 is 0 Å². The molecule has 2 fully saturated rings. The minimum Gasteiger partial charge on any atom is -0.372 e. The molecule has 2 heterocycles. The van der Waals surface area contributed by atoms with E-state index in [0.29, 0.717) is 24.7 Å². The van der Waals surface area contributed by atoms with Crippen LogP contribution in [0.3, 0.4) is 0 Å². The molecule has 2 aliphatic rings. The second-order valence-corrected chi connectivity index (χ2v) is 5.45. The number of carbonyl (C=O) groups is 1. The number of ether oxygens (including phenoxy) is 1. The average molecular weight is 249 g/mol. The Bertz CT molecular complexity index is 443. The molecule has 0 unspecified atom stereocenters. The van der Waals surface area contributed by atoms with Crippen LogP contribution in [-0.2, 0) is 4.74 Å². The first-order chi connectivity index (χ1) is 8.63. The molecule has 1 aliphatic carbocycles. The van der Waals surface area contributed by atoms with E-state index in [-0.39, 0.29) is 18.1 Å². The highest BCUT2D eigenvalue weighted by atomic mass is 16.5. The van der Waals surface area contributed by atoms with E-state index >= 15 is 0 Å². The highest BCUT2D eigenvalue weighted by molar-refractivity contribution is 5.92. The third kappa shape index (κ3) is 2.27. The van der Waals surface area contributed by atoms with Crippen molar-refractivity contribution in [2.24, 2.45) is 0 Å². The summed E-state index contributed by atoms with van der Waals surface area (Å²) in [6.07, 6.45) is 2.61. The molecule has 1 aromatic heterocycles. The first kappa shape index (κ1) is 11.7. The lowest BCUT2D eigenvalue weighted by atomic mass is 10.2. The van der Waals surface area contributed by atoms with Crippen molar-refractivity contribution < 1.29 is 9.53 Å². The maximum atomic E-state index is 12.3. The second kappa shape index (κ2) is 4.39. The Labute approximate surface area is 107 Å². The van der Waals surface area contributed by atoms with Crippen LogP contribution in [0.4, 0.5) is 0 Å². The number of hydrogen-bond acceptors (Lipinski definition) is 3. The molecule has 2 atom stereocenters. The lowest BCUT2D eigenvalue weighted by Crippen LogP contribution is -2.48. The van der Waals surface area contributed by atoms with Crippen LogP contribution in [0.1, 0.15) is 48.8 Å². The van der Waals surface area contributed by atoms with Gasteiger partial charge in [-0.05, 0) is 32.8 Å². The van der Waals surface area contributed by atoms with Crippen molar-refractivity contribution in [3.63, 3.8) is 0 Å². The number of aromatic amines is 1. The molecular formula is C13H19N3O2. The molecule has 98 valence electrons. The topological polar surface area (TPSA) is 58.2 Å². The average Bonchev–Trinajstić information content (AvgIpc) is 3.05. The Morgan fingerprint density at radius 3 is 2.67 bits per heavy atom. The molecule has 0 bridgehead atoms. The van der Waals surface area contributed by atoms with Crippen LogP contribution in [0, 0.1) is 0 Å². The molecular weight excluding hydrogens is 230 g/mol. The highest BCUT2D eigenvalue weighted by Gasteiger charge is 2.30. The van der Waals surface area contributed by atoms with Crippen LogP contribution in [0.5, 0.6) is 0 Å². The Balaban J connectivity index is 1.72. The predicted molar refractivity (Wildman–Crippen MR) is 66.5 cm³/mol. The minimum atomic E-state index is 0.0140. The largest absolute Gasteiger partial charge is 0.372 e. The molecule has 1 aromatic rings. The molecule has 5 nitrogen and oxygen atoms in total. The zero-order chi connectivity index (χ0) is 12.7. The van der Waals surface area contributed by atoms with E-state index < -0.39 is 0 Å². The van der Waals surface area contributed by atoms with Crippen molar-refractivity contribution >= 4 is 5.91 Å². The summed E-state index contributed by atoms with van der Waals surface area (Å²) in [4.78, 5) is 14.2. The number of nitrogens with one attached hydrogen (secondary N) is 1. The molecule has 0 spiro atoms. The molecule has 1 saturated carbocycles. The van der Waals surface area contributed by atoms with Crippen LogP contribution in [0.15, 0.2) is 6.07 Å². The van der Waals surface area contributed by atoms with Crippen LogP contribution in [0.25, 0.3) is 0 Å². The van der Waals surface area contributed by atoms with Gasteiger partial charge in [-0.1, -0.05) is 0 Å². The van der Waals surface area contributed by atoms with Gasteiger partial charge < -0.3 is 9.64 Å². The first-order valence-electron chi connectivity index (χ1n) is 6.63. The van der Waals surface area contributed by atoms with E-state index in [4.69, 9.17) is 4.74 Å². The van der Waals surface area contributed by atoms with Crippen molar-refractivity contribution in [1.82, 2.24) is 15.1 Å². The molecule has 0 radical (unpaired) electrons. The Hall–Kier alpha value is -1.36. The number of aromatic nitrogens is 2. The Morgan fingerprint density at radius 2 is 2.06 bits per heavy atom. The fraction of sp³-hybridized carbons (Fsp3) is 0.692. The highest BCUT2D eigenvalue weighted by Crippen LogP contribution is 2.39. The zero-order valence-electron chi connectivity index (χ0n) is 10.8. The molecule has 18 heavy (non-hydrogen) atoms. The molecule has 5 heteroatoms. The first-order valence-corrected chi connectivity index (χ1v) is 6.63. The summed E-state index contributed by atoms with van der Waals surface area (Å²) in [6.45, 7) is 5.29. The summed E-state index contributed by atoms with van der Waals surface area (Å²) in [5.41, 5.74) is 1.64. The summed E-state index contributed by atoms with van der Waals surface area (Å²) < 4.78 is 5.63. The number of carbonyl (C=O) groups excluding carboxylic acids is 1. The predicted octanol–water partition coefficient (Wildman–Crippen LogP) is 1.54. The Morgan fingerprint density at radius 1 is 1.39 bits per heavy atom. The van der Waals surface area contributed by atoms with Gasteiger partial charge in [-0.2, -0.15) is 5.10 Å². The fourth-order valence-electron chi connectivity index (χ4n) is 2.56. The summed E-state index contributed by atoms with van der Waals surface area (Å²) in [5, 5.41) is 7.13. The molecule has 1 N–H and O–H groups in total. The monoisotopic (exact) mass is 249 g/mol.